The predicted octanol–water partition coefficient (Wildman–Crippen LogP) is 2.27. The van der Waals surface area contributed by atoms with E-state index < -0.39 is 0 Å². The summed E-state index contributed by atoms with van der Waals surface area (Å²) in [6, 6.07) is 0.446. The van der Waals surface area contributed by atoms with E-state index in [0.717, 1.165) is 24.4 Å². The number of hydrogen-bond acceptors (Lipinski definition) is 3. The summed E-state index contributed by atoms with van der Waals surface area (Å²) in [7, 11) is 0. The van der Waals surface area contributed by atoms with Crippen molar-refractivity contribution in [3.8, 4) is 0 Å². The molecule has 0 aromatic heterocycles. The van der Waals surface area contributed by atoms with Gasteiger partial charge in [-0.25, -0.2) is 0 Å². The standard InChI is InChI=1S/C13H23NOS/c1-9-6-11(9)12(14)10-2-4-15-13(7-10)3-5-16-8-13/h9-12H,2-8,14H2,1H3. The largest absolute Gasteiger partial charge is 0.374 e. The van der Waals surface area contributed by atoms with Crippen LogP contribution in [0.2, 0.25) is 0 Å². The van der Waals surface area contributed by atoms with Crippen molar-refractivity contribution in [2.24, 2.45) is 23.5 Å². The minimum Gasteiger partial charge on any atom is -0.374 e. The molecule has 1 spiro atoms. The second-order valence-electron chi connectivity index (χ2n) is 6.04. The molecule has 0 radical (unpaired) electrons. The molecule has 2 N–H and O–H groups in total. The molecule has 92 valence electrons. The van der Waals surface area contributed by atoms with Gasteiger partial charge in [-0.3, -0.25) is 0 Å². The van der Waals surface area contributed by atoms with Gasteiger partial charge >= 0.3 is 0 Å². The molecule has 1 saturated carbocycles. The van der Waals surface area contributed by atoms with Gasteiger partial charge in [0.1, 0.15) is 0 Å². The van der Waals surface area contributed by atoms with Crippen LogP contribution in [0, 0.1) is 17.8 Å². The highest BCUT2D eigenvalue weighted by Crippen LogP contribution is 2.47. The summed E-state index contributed by atoms with van der Waals surface area (Å²) >= 11 is 2.05. The monoisotopic (exact) mass is 241 g/mol. The highest BCUT2D eigenvalue weighted by Gasteiger charge is 2.46. The molecule has 16 heavy (non-hydrogen) atoms. The third-order valence-corrected chi connectivity index (χ3v) is 6.03. The number of rotatable bonds is 2. The zero-order valence-electron chi connectivity index (χ0n) is 10.2. The number of nitrogens with two attached hydrogens (primary N) is 1. The predicted molar refractivity (Wildman–Crippen MR) is 68.6 cm³/mol. The van der Waals surface area contributed by atoms with Gasteiger partial charge in [0.2, 0.25) is 0 Å². The Bertz CT molecular complexity index is 265. The molecular weight excluding hydrogens is 218 g/mol. The van der Waals surface area contributed by atoms with E-state index >= 15 is 0 Å². The van der Waals surface area contributed by atoms with Crippen molar-refractivity contribution in [3.63, 3.8) is 0 Å². The first-order valence-electron chi connectivity index (χ1n) is 6.67. The Labute approximate surface area is 103 Å². The molecule has 0 aromatic rings. The lowest BCUT2D eigenvalue weighted by Gasteiger charge is -2.40. The van der Waals surface area contributed by atoms with Crippen LogP contribution in [-0.4, -0.2) is 29.8 Å². The first-order valence-corrected chi connectivity index (χ1v) is 7.83. The van der Waals surface area contributed by atoms with Crippen molar-refractivity contribution >= 4 is 11.8 Å². The molecule has 1 aliphatic carbocycles. The van der Waals surface area contributed by atoms with Crippen LogP contribution in [0.3, 0.4) is 0 Å². The Hall–Kier alpha value is 0.270. The van der Waals surface area contributed by atoms with Gasteiger partial charge in [-0.05, 0) is 49.2 Å². The van der Waals surface area contributed by atoms with Gasteiger partial charge in [0.05, 0.1) is 5.60 Å². The fourth-order valence-electron chi connectivity index (χ4n) is 3.49. The Balaban J connectivity index is 1.63. The van der Waals surface area contributed by atoms with Gasteiger partial charge in [0, 0.05) is 18.4 Å². The van der Waals surface area contributed by atoms with Gasteiger partial charge in [-0.1, -0.05) is 6.92 Å². The van der Waals surface area contributed by atoms with Crippen LogP contribution in [-0.2, 0) is 4.74 Å². The van der Waals surface area contributed by atoms with E-state index in [2.05, 4.69) is 18.7 Å². The van der Waals surface area contributed by atoms with E-state index in [1.54, 1.807) is 0 Å². The maximum absolute atomic E-state index is 6.43. The van der Waals surface area contributed by atoms with E-state index in [1.165, 1.54) is 37.2 Å². The third-order valence-electron chi connectivity index (χ3n) is 4.81. The SMILES string of the molecule is CC1CC1C(N)C1CCOC2(CCSC2)C1. The third kappa shape index (κ3) is 2.02. The van der Waals surface area contributed by atoms with Crippen LogP contribution in [0.1, 0.15) is 32.6 Å². The molecule has 2 saturated heterocycles. The Morgan fingerprint density at radius 2 is 2.31 bits per heavy atom. The smallest absolute Gasteiger partial charge is 0.0783 e. The van der Waals surface area contributed by atoms with E-state index in [9.17, 15) is 0 Å². The molecule has 3 heteroatoms. The number of thioether (sulfide) groups is 1. The minimum absolute atomic E-state index is 0.212. The lowest BCUT2D eigenvalue weighted by molar-refractivity contribution is -0.0843. The fraction of sp³-hybridized carbons (Fsp3) is 1.00. The molecule has 3 rings (SSSR count). The molecule has 2 heterocycles. The molecule has 3 fully saturated rings. The van der Waals surface area contributed by atoms with E-state index in [-0.39, 0.29) is 5.60 Å². The molecule has 0 aromatic carbocycles. The van der Waals surface area contributed by atoms with Crippen LogP contribution in [0.4, 0.5) is 0 Å². The lowest BCUT2D eigenvalue weighted by Crippen LogP contribution is -2.46. The average molecular weight is 241 g/mol. The van der Waals surface area contributed by atoms with Gasteiger partial charge < -0.3 is 10.5 Å². The summed E-state index contributed by atoms with van der Waals surface area (Å²) < 4.78 is 6.06. The lowest BCUT2D eigenvalue weighted by atomic mass is 9.80. The van der Waals surface area contributed by atoms with Gasteiger partial charge in [0.25, 0.3) is 0 Å². The van der Waals surface area contributed by atoms with Crippen LogP contribution in [0.5, 0.6) is 0 Å². The number of ether oxygens (including phenoxy) is 1. The molecule has 5 unspecified atom stereocenters. The summed E-state index contributed by atoms with van der Waals surface area (Å²) in [4.78, 5) is 0. The molecule has 0 bridgehead atoms. The summed E-state index contributed by atoms with van der Waals surface area (Å²) in [6.07, 6.45) is 5.03. The molecule has 5 atom stereocenters. The molecular formula is C13H23NOS. The van der Waals surface area contributed by atoms with E-state index in [0.29, 0.717) is 6.04 Å². The van der Waals surface area contributed by atoms with Crippen LogP contribution in [0.15, 0.2) is 0 Å². The van der Waals surface area contributed by atoms with Crippen LogP contribution < -0.4 is 5.73 Å². The van der Waals surface area contributed by atoms with Gasteiger partial charge in [-0.2, -0.15) is 11.8 Å². The Morgan fingerprint density at radius 3 is 2.94 bits per heavy atom. The normalized spacial score (nSPS) is 49.5. The Kier molecular flexibility index (Phi) is 2.97. The molecule has 3 aliphatic rings. The van der Waals surface area contributed by atoms with Crippen molar-refractivity contribution in [1.29, 1.82) is 0 Å². The highest BCUT2D eigenvalue weighted by atomic mass is 32.2. The number of hydrogen-bond donors (Lipinski definition) is 1. The van der Waals surface area contributed by atoms with Crippen molar-refractivity contribution in [2.45, 2.75) is 44.2 Å². The van der Waals surface area contributed by atoms with Crippen molar-refractivity contribution in [3.05, 3.63) is 0 Å². The molecule has 0 amide bonds. The zero-order chi connectivity index (χ0) is 11.2. The average Bonchev–Trinajstić information content (AvgIpc) is 2.85. The first kappa shape index (κ1) is 11.4. The second-order valence-corrected chi connectivity index (χ2v) is 7.15. The van der Waals surface area contributed by atoms with Crippen molar-refractivity contribution in [1.82, 2.24) is 0 Å². The topological polar surface area (TPSA) is 35.2 Å². The minimum atomic E-state index is 0.212. The highest BCUT2D eigenvalue weighted by molar-refractivity contribution is 7.99. The fourth-order valence-corrected chi connectivity index (χ4v) is 4.87. The molecule has 2 nitrogen and oxygen atoms in total. The second kappa shape index (κ2) is 4.18. The summed E-state index contributed by atoms with van der Waals surface area (Å²) in [5.74, 6) is 4.90. The summed E-state index contributed by atoms with van der Waals surface area (Å²) in [6.45, 7) is 3.28. The van der Waals surface area contributed by atoms with Crippen LogP contribution >= 0.6 is 11.8 Å². The quantitative estimate of drug-likeness (QED) is 0.805. The van der Waals surface area contributed by atoms with Crippen LogP contribution in [0.25, 0.3) is 0 Å². The maximum atomic E-state index is 6.43. The summed E-state index contributed by atoms with van der Waals surface area (Å²) in [5.41, 5.74) is 6.64. The molecule has 2 aliphatic heterocycles. The van der Waals surface area contributed by atoms with Crippen molar-refractivity contribution in [2.75, 3.05) is 18.1 Å². The van der Waals surface area contributed by atoms with E-state index in [4.69, 9.17) is 10.5 Å². The Morgan fingerprint density at radius 1 is 1.50 bits per heavy atom. The van der Waals surface area contributed by atoms with Crippen molar-refractivity contribution < 1.29 is 4.74 Å². The zero-order valence-corrected chi connectivity index (χ0v) is 11.0. The van der Waals surface area contributed by atoms with Gasteiger partial charge in [0.15, 0.2) is 0 Å². The first-order chi connectivity index (χ1) is 7.70. The summed E-state index contributed by atoms with van der Waals surface area (Å²) in [5, 5.41) is 0. The maximum Gasteiger partial charge on any atom is 0.0783 e. The van der Waals surface area contributed by atoms with E-state index in [1.807, 2.05) is 0 Å². The van der Waals surface area contributed by atoms with Gasteiger partial charge in [-0.15, -0.1) is 0 Å².